The van der Waals surface area contributed by atoms with Crippen molar-refractivity contribution in [2.24, 2.45) is 0 Å². The van der Waals surface area contributed by atoms with Crippen molar-refractivity contribution in [3.63, 3.8) is 0 Å². The Morgan fingerprint density at radius 1 is 1.37 bits per heavy atom. The molecular formula is C13H19N5O. The highest BCUT2D eigenvalue weighted by Gasteiger charge is 2.00. The van der Waals surface area contributed by atoms with Crippen LogP contribution >= 0.6 is 0 Å². The Balaban J connectivity index is 1.90. The highest BCUT2D eigenvalue weighted by Crippen LogP contribution is 2.22. The van der Waals surface area contributed by atoms with Crippen LogP contribution in [0.5, 0.6) is 5.75 Å². The van der Waals surface area contributed by atoms with Gasteiger partial charge in [0, 0.05) is 36.2 Å². The van der Waals surface area contributed by atoms with E-state index in [2.05, 4.69) is 22.6 Å². The normalized spacial score (nSPS) is 10.4. The maximum absolute atomic E-state index is 5.85. The second-order valence-corrected chi connectivity index (χ2v) is 4.23. The summed E-state index contributed by atoms with van der Waals surface area (Å²) in [7, 11) is 0. The maximum atomic E-state index is 5.85. The number of aromatic nitrogens is 3. The first-order chi connectivity index (χ1) is 9.28. The van der Waals surface area contributed by atoms with Crippen molar-refractivity contribution < 1.29 is 4.74 Å². The van der Waals surface area contributed by atoms with E-state index in [1.54, 1.807) is 10.9 Å². The third-order valence-electron chi connectivity index (χ3n) is 2.54. The van der Waals surface area contributed by atoms with Gasteiger partial charge in [-0.05, 0) is 12.5 Å². The van der Waals surface area contributed by atoms with E-state index in [1.807, 2.05) is 24.4 Å². The van der Waals surface area contributed by atoms with E-state index >= 15 is 0 Å². The summed E-state index contributed by atoms with van der Waals surface area (Å²) in [5.41, 5.74) is 7.49. The lowest BCUT2D eigenvalue weighted by atomic mass is 10.2. The van der Waals surface area contributed by atoms with Crippen molar-refractivity contribution in [1.82, 2.24) is 15.0 Å². The van der Waals surface area contributed by atoms with Crippen LogP contribution in [-0.4, -0.2) is 28.1 Å². The van der Waals surface area contributed by atoms with Crippen LogP contribution in [-0.2, 0) is 6.54 Å². The van der Waals surface area contributed by atoms with Gasteiger partial charge in [-0.15, -0.1) is 5.10 Å². The van der Waals surface area contributed by atoms with Gasteiger partial charge in [-0.1, -0.05) is 12.1 Å². The Morgan fingerprint density at radius 3 is 3.00 bits per heavy atom. The molecule has 3 N–H and O–H groups in total. The van der Waals surface area contributed by atoms with Gasteiger partial charge in [0.05, 0.1) is 19.3 Å². The van der Waals surface area contributed by atoms with Crippen LogP contribution in [0, 0.1) is 0 Å². The van der Waals surface area contributed by atoms with E-state index in [4.69, 9.17) is 10.5 Å². The Kier molecular flexibility index (Phi) is 4.60. The average molecular weight is 261 g/mol. The highest BCUT2D eigenvalue weighted by atomic mass is 16.5. The summed E-state index contributed by atoms with van der Waals surface area (Å²) in [5.74, 6) is 0.796. The van der Waals surface area contributed by atoms with Crippen LogP contribution in [0.2, 0.25) is 0 Å². The van der Waals surface area contributed by atoms with Crippen LogP contribution in [0.25, 0.3) is 0 Å². The monoisotopic (exact) mass is 261 g/mol. The number of nitrogen functional groups attached to an aromatic ring is 1. The standard InChI is InChI=1S/C13H19N5O/c1-2-7-19-13-9-11(14)8-12(10-13)15-3-5-18-6-4-16-17-18/h4,6,8-10,15H,2-3,5,7,14H2,1H3. The van der Waals surface area contributed by atoms with Gasteiger partial charge in [0.2, 0.25) is 0 Å². The largest absolute Gasteiger partial charge is 0.493 e. The number of nitrogens with one attached hydrogen (secondary N) is 1. The van der Waals surface area contributed by atoms with E-state index in [0.29, 0.717) is 12.3 Å². The number of hydrogen-bond acceptors (Lipinski definition) is 5. The fraction of sp³-hybridized carbons (Fsp3) is 0.385. The number of rotatable bonds is 7. The summed E-state index contributed by atoms with van der Waals surface area (Å²) < 4.78 is 7.35. The van der Waals surface area contributed by atoms with Gasteiger partial charge >= 0.3 is 0 Å². The molecular weight excluding hydrogens is 242 g/mol. The van der Waals surface area contributed by atoms with Crippen molar-refractivity contribution in [1.29, 1.82) is 0 Å². The van der Waals surface area contributed by atoms with Gasteiger partial charge in [0.25, 0.3) is 0 Å². The van der Waals surface area contributed by atoms with Gasteiger partial charge < -0.3 is 15.8 Å². The van der Waals surface area contributed by atoms with Crippen molar-refractivity contribution in [3.8, 4) is 5.75 Å². The fourth-order valence-electron chi connectivity index (χ4n) is 1.69. The number of nitrogens with zero attached hydrogens (tertiary/aromatic N) is 3. The summed E-state index contributed by atoms with van der Waals surface area (Å²) >= 11 is 0. The second-order valence-electron chi connectivity index (χ2n) is 4.23. The van der Waals surface area contributed by atoms with E-state index in [0.717, 1.165) is 30.9 Å². The lowest BCUT2D eigenvalue weighted by Crippen LogP contribution is -2.11. The average Bonchev–Trinajstić information content (AvgIpc) is 2.89. The van der Waals surface area contributed by atoms with Crippen LogP contribution in [0.3, 0.4) is 0 Å². The highest BCUT2D eigenvalue weighted by molar-refractivity contribution is 5.59. The Labute approximate surface area is 112 Å². The first-order valence-corrected chi connectivity index (χ1v) is 6.39. The summed E-state index contributed by atoms with van der Waals surface area (Å²) in [6, 6.07) is 5.67. The Bertz CT molecular complexity index is 498. The van der Waals surface area contributed by atoms with E-state index < -0.39 is 0 Å². The van der Waals surface area contributed by atoms with Crippen molar-refractivity contribution in [3.05, 3.63) is 30.6 Å². The molecule has 0 atom stereocenters. The zero-order valence-electron chi connectivity index (χ0n) is 11.0. The molecule has 2 rings (SSSR count). The Morgan fingerprint density at radius 2 is 2.26 bits per heavy atom. The minimum Gasteiger partial charge on any atom is -0.493 e. The van der Waals surface area contributed by atoms with Gasteiger partial charge in [-0.25, -0.2) is 0 Å². The lowest BCUT2D eigenvalue weighted by Gasteiger charge is -2.10. The van der Waals surface area contributed by atoms with Crippen LogP contribution in [0.4, 0.5) is 11.4 Å². The summed E-state index contributed by atoms with van der Waals surface area (Å²) in [4.78, 5) is 0. The van der Waals surface area contributed by atoms with Gasteiger partial charge in [0.1, 0.15) is 5.75 Å². The summed E-state index contributed by atoms with van der Waals surface area (Å²) in [5, 5.41) is 10.9. The van der Waals surface area contributed by atoms with E-state index in [9.17, 15) is 0 Å². The predicted octanol–water partition coefficient (Wildman–Crippen LogP) is 1.76. The molecule has 0 saturated heterocycles. The summed E-state index contributed by atoms with van der Waals surface area (Å²) in [6.07, 6.45) is 4.47. The third kappa shape index (κ3) is 4.17. The van der Waals surface area contributed by atoms with Gasteiger partial charge in [-0.2, -0.15) is 0 Å². The molecule has 0 saturated carbocycles. The molecule has 1 aromatic heterocycles. The first kappa shape index (κ1) is 13.2. The SMILES string of the molecule is CCCOc1cc(N)cc(NCCn2ccnn2)c1. The molecule has 1 aromatic carbocycles. The zero-order chi connectivity index (χ0) is 13.5. The molecule has 0 fully saturated rings. The number of anilines is 2. The molecule has 0 aliphatic carbocycles. The van der Waals surface area contributed by atoms with Crippen LogP contribution in [0.1, 0.15) is 13.3 Å². The van der Waals surface area contributed by atoms with E-state index in [1.165, 1.54) is 0 Å². The van der Waals surface area contributed by atoms with Crippen molar-refractivity contribution in [2.45, 2.75) is 19.9 Å². The van der Waals surface area contributed by atoms with Crippen LogP contribution < -0.4 is 15.8 Å². The number of benzene rings is 1. The molecule has 2 aromatic rings. The number of nitrogens with two attached hydrogens (primary N) is 1. The third-order valence-corrected chi connectivity index (χ3v) is 2.54. The minimum atomic E-state index is 0.692. The lowest BCUT2D eigenvalue weighted by molar-refractivity contribution is 0.318. The molecule has 1 heterocycles. The molecule has 6 heteroatoms. The molecule has 19 heavy (non-hydrogen) atoms. The smallest absolute Gasteiger partial charge is 0.123 e. The Hall–Kier alpha value is -2.24. The molecule has 0 amide bonds. The molecule has 0 bridgehead atoms. The van der Waals surface area contributed by atoms with Crippen molar-refractivity contribution >= 4 is 11.4 Å². The summed E-state index contributed by atoms with van der Waals surface area (Å²) in [6.45, 7) is 4.27. The molecule has 6 nitrogen and oxygen atoms in total. The molecule has 0 radical (unpaired) electrons. The van der Waals surface area contributed by atoms with Gasteiger partial charge in [-0.3, -0.25) is 4.68 Å². The molecule has 0 unspecified atom stereocenters. The number of hydrogen-bond donors (Lipinski definition) is 2. The van der Waals surface area contributed by atoms with Crippen molar-refractivity contribution in [2.75, 3.05) is 24.2 Å². The molecule has 102 valence electrons. The fourth-order valence-corrected chi connectivity index (χ4v) is 1.69. The van der Waals surface area contributed by atoms with Gasteiger partial charge in [0.15, 0.2) is 0 Å². The topological polar surface area (TPSA) is 78.0 Å². The number of ether oxygens (including phenoxy) is 1. The van der Waals surface area contributed by atoms with Crippen LogP contribution in [0.15, 0.2) is 30.6 Å². The quantitative estimate of drug-likeness (QED) is 0.743. The van der Waals surface area contributed by atoms with E-state index in [-0.39, 0.29) is 0 Å². The first-order valence-electron chi connectivity index (χ1n) is 6.39. The molecule has 0 aliphatic heterocycles. The minimum absolute atomic E-state index is 0.692. The molecule has 0 spiro atoms. The second kappa shape index (κ2) is 6.63. The predicted molar refractivity (Wildman–Crippen MR) is 75.2 cm³/mol. The maximum Gasteiger partial charge on any atom is 0.123 e. The molecule has 0 aliphatic rings. The zero-order valence-corrected chi connectivity index (χ0v) is 11.0.